The van der Waals surface area contributed by atoms with Crippen molar-refractivity contribution in [3.63, 3.8) is 0 Å². The topological polar surface area (TPSA) is 63.9 Å². The van der Waals surface area contributed by atoms with Crippen LogP contribution >= 0.6 is 23.4 Å². The van der Waals surface area contributed by atoms with E-state index in [0.717, 1.165) is 37.2 Å². The minimum atomic E-state index is -0.392. The van der Waals surface area contributed by atoms with E-state index in [0.29, 0.717) is 10.2 Å². The van der Waals surface area contributed by atoms with E-state index in [2.05, 4.69) is 15.5 Å². The maximum absolute atomic E-state index is 13.3. The van der Waals surface area contributed by atoms with Crippen LogP contribution < -0.4 is 0 Å². The lowest BCUT2D eigenvalue weighted by Crippen LogP contribution is -2.38. The van der Waals surface area contributed by atoms with Crippen molar-refractivity contribution < 1.29 is 4.79 Å². The summed E-state index contributed by atoms with van der Waals surface area (Å²) in [7, 11) is 0. The van der Waals surface area contributed by atoms with Gasteiger partial charge < -0.3 is 4.90 Å². The Morgan fingerprint density at radius 1 is 1.00 bits per heavy atom. The number of carbonyl (C=O) groups is 1. The highest BCUT2D eigenvalue weighted by Crippen LogP contribution is 2.36. The van der Waals surface area contributed by atoms with Crippen molar-refractivity contribution in [1.29, 1.82) is 0 Å². The third-order valence-corrected chi connectivity index (χ3v) is 6.16. The molecule has 0 unspecified atom stereocenters. The molecule has 8 heteroatoms. The van der Waals surface area contributed by atoms with Crippen LogP contribution in [0.5, 0.6) is 0 Å². The van der Waals surface area contributed by atoms with Gasteiger partial charge >= 0.3 is 0 Å². The predicted molar refractivity (Wildman–Crippen MR) is 110 cm³/mol. The number of hydrogen-bond acceptors (Lipinski definition) is 5. The fourth-order valence-electron chi connectivity index (χ4n) is 3.27. The monoisotopic (exact) mass is 413 g/mol. The number of benzene rings is 2. The van der Waals surface area contributed by atoms with Crippen LogP contribution in [-0.4, -0.2) is 44.1 Å². The molecular formula is C20H20ClN5OS. The van der Waals surface area contributed by atoms with Crippen molar-refractivity contribution in [2.45, 2.75) is 29.7 Å². The van der Waals surface area contributed by atoms with E-state index in [4.69, 9.17) is 11.6 Å². The summed E-state index contributed by atoms with van der Waals surface area (Å²) in [5.41, 5.74) is 1.75. The van der Waals surface area contributed by atoms with Crippen molar-refractivity contribution in [2.75, 3.05) is 13.1 Å². The molecule has 2 heterocycles. The first-order valence-electron chi connectivity index (χ1n) is 9.27. The van der Waals surface area contributed by atoms with Gasteiger partial charge in [0.15, 0.2) is 0 Å². The summed E-state index contributed by atoms with van der Waals surface area (Å²) in [6.07, 6.45) is 3.29. The quantitative estimate of drug-likeness (QED) is 0.587. The number of aromatic nitrogens is 4. The van der Waals surface area contributed by atoms with Gasteiger partial charge in [-0.3, -0.25) is 4.79 Å². The second kappa shape index (κ2) is 8.75. The SMILES string of the molecule is O=C([C@H](Sc1nnnn1-c1ccc(Cl)cc1)c1ccccc1)N1CCCCC1. The van der Waals surface area contributed by atoms with Crippen LogP contribution in [0.1, 0.15) is 30.1 Å². The minimum absolute atomic E-state index is 0.113. The smallest absolute Gasteiger partial charge is 0.240 e. The number of tetrazole rings is 1. The van der Waals surface area contributed by atoms with Crippen LogP contribution in [0.15, 0.2) is 59.8 Å². The predicted octanol–water partition coefficient (Wildman–Crippen LogP) is 4.16. The highest BCUT2D eigenvalue weighted by molar-refractivity contribution is 8.00. The summed E-state index contributed by atoms with van der Waals surface area (Å²) in [6, 6.07) is 17.1. The van der Waals surface area contributed by atoms with Crippen molar-refractivity contribution in [3.8, 4) is 5.69 Å². The molecule has 2 aromatic carbocycles. The Morgan fingerprint density at radius 2 is 1.71 bits per heavy atom. The van der Waals surface area contributed by atoms with Crippen LogP contribution in [0.25, 0.3) is 5.69 Å². The summed E-state index contributed by atoms with van der Waals surface area (Å²) in [6.45, 7) is 1.62. The average molecular weight is 414 g/mol. The van der Waals surface area contributed by atoms with Gasteiger partial charge in [-0.25, -0.2) is 0 Å². The number of nitrogens with zero attached hydrogens (tertiary/aromatic N) is 5. The number of carbonyl (C=O) groups excluding carboxylic acids is 1. The Kier molecular flexibility index (Phi) is 5.92. The van der Waals surface area contributed by atoms with E-state index >= 15 is 0 Å². The first-order chi connectivity index (χ1) is 13.7. The summed E-state index contributed by atoms with van der Waals surface area (Å²) in [5, 5.41) is 12.9. The number of piperidine rings is 1. The summed E-state index contributed by atoms with van der Waals surface area (Å²) in [5.74, 6) is 0.113. The first-order valence-corrected chi connectivity index (χ1v) is 10.5. The van der Waals surface area contributed by atoms with Crippen molar-refractivity contribution >= 4 is 29.3 Å². The van der Waals surface area contributed by atoms with Gasteiger partial charge in [-0.15, -0.1) is 5.10 Å². The lowest BCUT2D eigenvalue weighted by Gasteiger charge is -2.30. The molecule has 144 valence electrons. The zero-order valence-electron chi connectivity index (χ0n) is 15.2. The zero-order chi connectivity index (χ0) is 19.3. The molecule has 0 saturated carbocycles. The summed E-state index contributed by atoms with van der Waals surface area (Å²) in [4.78, 5) is 15.3. The highest BCUT2D eigenvalue weighted by atomic mass is 35.5. The van der Waals surface area contributed by atoms with Gasteiger partial charge in [-0.2, -0.15) is 4.68 Å². The van der Waals surface area contributed by atoms with E-state index in [1.165, 1.54) is 18.2 Å². The Bertz CT molecular complexity index is 925. The third-order valence-electron chi connectivity index (χ3n) is 4.73. The fraction of sp³-hybridized carbons (Fsp3) is 0.300. The third kappa shape index (κ3) is 4.20. The molecule has 3 aromatic rings. The van der Waals surface area contributed by atoms with Crippen LogP contribution in [-0.2, 0) is 4.79 Å². The molecule has 6 nitrogen and oxygen atoms in total. The number of halogens is 1. The summed E-state index contributed by atoms with van der Waals surface area (Å²) < 4.78 is 1.64. The molecule has 28 heavy (non-hydrogen) atoms. The summed E-state index contributed by atoms with van der Waals surface area (Å²) >= 11 is 7.37. The Hall–Kier alpha value is -2.38. The van der Waals surface area contributed by atoms with Crippen molar-refractivity contribution in [3.05, 3.63) is 65.2 Å². The molecule has 1 aliphatic rings. The molecule has 0 N–H and O–H groups in total. The van der Waals surface area contributed by atoms with E-state index < -0.39 is 5.25 Å². The maximum atomic E-state index is 13.3. The Labute approximate surface area is 172 Å². The molecule has 1 amide bonds. The average Bonchev–Trinajstić information content (AvgIpc) is 3.21. The van der Waals surface area contributed by atoms with Gasteiger partial charge in [0.2, 0.25) is 11.1 Å². The van der Waals surface area contributed by atoms with Crippen LogP contribution in [0.4, 0.5) is 0 Å². The van der Waals surface area contributed by atoms with Gasteiger partial charge in [-0.05, 0) is 59.5 Å². The molecule has 1 fully saturated rings. The largest absolute Gasteiger partial charge is 0.341 e. The van der Waals surface area contributed by atoms with Gasteiger partial charge in [-0.1, -0.05) is 53.7 Å². The Morgan fingerprint density at radius 3 is 2.43 bits per heavy atom. The number of likely N-dealkylation sites (tertiary alicyclic amines) is 1. The van der Waals surface area contributed by atoms with E-state index in [-0.39, 0.29) is 5.91 Å². The van der Waals surface area contributed by atoms with Gasteiger partial charge in [0.05, 0.1) is 5.69 Å². The van der Waals surface area contributed by atoms with Crippen molar-refractivity contribution in [1.82, 2.24) is 25.1 Å². The highest BCUT2D eigenvalue weighted by Gasteiger charge is 2.30. The fourth-order valence-corrected chi connectivity index (χ4v) is 4.48. The maximum Gasteiger partial charge on any atom is 0.240 e. The van der Waals surface area contributed by atoms with Gasteiger partial charge in [0.1, 0.15) is 5.25 Å². The standard InChI is InChI=1S/C20H20ClN5OS/c21-16-9-11-17(12-10-16)26-20(22-23-24-26)28-18(15-7-3-1-4-8-15)19(27)25-13-5-2-6-14-25/h1,3-4,7-12,18H,2,5-6,13-14H2/t18-/m1/s1. The minimum Gasteiger partial charge on any atom is -0.341 e. The molecule has 1 saturated heterocycles. The number of thioether (sulfide) groups is 1. The lowest BCUT2D eigenvalue weighted by atomic mass is 10.1. The molecule has 1 aromatic heterocycles. The zero-order valence-corrected chi connectivity index (χ0v) is 16.8. The molecule has 0 radical (unpaired) electrons. The van der Waals surface area contributed by atoms with Gasteiger partial charge in [0, 0.05) is 18.1 Å². The molecule has 0 bridgehead atoms. The molecule has 0 aliphatic carbocycles. The number of rotatable bonds is 5. The second-order valence-corrected chi connectivity index (χ2v) is 8.15. The molecule has 1 atom stereocenters. The number of hydrogen-bond donors (Lipinski definition) is 0. The van der Waals surface area contributed by atoms with Crippen LogP contribution in [0.3, 0.4) is 0 Å². The normalized spacial score (nSPS) is 15.4. The molecular weight excluding hydrogens is 394 g/mol. The second-order valence-electron chi connectivity index (χ2n) is 6.64. The van der Waals surface area contributed by atoms with E-state index in [9.17, 15) is 4.79 Å². The van der Waals surface area contributed by atoms with E-state index in [1.807, 2.05) is 47.4 Å². The molecule has 4 rings (SSSR count). The van der Waals surface area contributed by atoms with Crippen molar-refractivity contribution in [2.24, 2.45) is 0 Å². The van der Waals surface area contributed by atoms with E-state index in [1.54, 1.807) is 16.8 Å². The Balaban J connectivity index is 1.64. The molecule has 1 aliphatic heterocycles. The van der Waals surface area contributed by atoms with Crippen LogP contribution in [0.2, 0.25) is 5.02 Å². The lowest BCUT2D eigenvalue weighted by molar-refractivity contribution is -0.131. The number of amides is 1. The first kappa shape index (κ1) is 19.0. The molecule has 0 spiro atoms. The van der Waals surface area contributed by atoms with Crippen LogP contribution in [0, 0.1) is 0 Å². The van der Waals surface area contributed by atoms with Gasteiger partial charge in [0.25, 0.3) is 0 Å².